The van der Waals surface area contributed by atoms with Crippen LogP contribution in [0.2, 0.25) is 0 Å². The summed E-state index contributed by atoms with van der Waals surface area (Å²) in [7, 11) is 0. The van der Waals surface area contributed by atoms with E-state index in [2.05, 4.69) is 0 Å². The molecule has 0 heterocycles. The van der Waals surface area contributed by atoms with Crippen molar-refractivity contribution in [1.29, 1.82) is 0 Å². The second kappa shape index (κ2) is 10.8. The molecule has 0 aromatic carbocycles. The first kappa shape index (κ1) is 16.0. The molecule has 0 aromatic rings. The summed E-state index contributed by atoms with van der Waals surface area (Å²) < 4.78 is 0. The van der Waals surface area contributed by atoms with E-state index in [0.717, 1.165) is 0 Å². The topological polar surface area (TPSA) is 74.6 Å². The maximum atomic E-state index is 9.44. The molecule has 0 aliphatic carbocycles. The number of carboxylic acid groups (broad SMARTS) is 2. The van der Waals surface area contributed by atoms with Gasteiger partial charge >= 0.3 is 35.7 Å². The summed E-state index contributed by atoms with van der Waals surface area (Å²) in [4.78, 5) is 18.0. The van der Waals surface area contributed by atoms with Crippen molar-refractivity contribution >= 4 is 41.5 Å². The van der Waals surface area contributed by atoms with Crippen LogP contribution in [0.4, 0.5) is 4.79 Å². The van der Waals surface area contributed by atoms with Crippen LogP contribution in [0.1, 0.15) is 13.8 Å². The average molecular weight is 144 g/mol. The molecule has 4 nitrogen and oxygen atoms in total. The molecule has 0 saturated heterocycles. The van der Waals surface area contributed by atoms with Crippen LogP contribution < -0.4 is 0 Å². The van der Waals surface area contributed by atoms with E-state index < -0.39 is 6.16 Å². The summed E-state index contributed by atoms with van der Waals surface area (Å²) in [5, 5.41) is 13.9. The summed E-state index contributed by atoms with van der Waals surface area (Å²) in [5.74, 6) is 0.167. The SMILES string of the molecule is CC(C)=O.O=C(O)O.[NaH]. The molecule has 50 valence electrons. The van der Waals surface area contributed by atoms with Gasteiger partial charge in [0.25, 0.3) is 0 Å². The van der Waals surface area contributed by atoms with Gasteiger partial charge in [-0.2, -0.15) is 0 Å². The van der Waals surface area contributed by atoms with Crippen LogP contribution in [0.3, 0.4) is 0 Å². The average Bonchev–Trinajstić information content (AvgIpc) is 1.25. The molecular weight excluding hydrogens is 135 g/mol. The molecule has 0 fully saturated rings. The van der Waals surface area contributed by atoms with Crippen molar-refractivity contribution in [1.82, 2.24) is 0 Å². The molecule has 5 heteroatoms. The summed E-state index contributed by atoms with van der Waals surface area (Å²) in [6, 6.07) is 0. The zero-order valence-corrected chi connectivity index (χ0v) is 4.71. The van der Waals surface area contributed by atoms with E-state index in [9.17, 15) is 4.79 Å². The summed E-state index contributed by atoms with van der Waals surface area (Å²) in [6.45, 7) is 3.06. The Kier molecular flexibility index (Phi) is 19.2. The molecule has 9 heavy (non-hydrogen) atoms. The monoisotopic (exact) mass is 144 g/mol. The van der Waals surface area contributed by atoms with Gasteiger partial charge in [0.05, 0.1) is 0 Å². The number of carbonyl (C=O) groups excluding carboxylic acids is 1. The third-order valence-corrected chi connectivity index (χ3v) is 0. The van der Waals surface area contributed by atoms with Gasteiger partial charge in [0.15, 0.2) is 0 Å². The molecule has 0 amide bonds. The number of ketones is 1. The van der Waals surface area contributed by atoms with Crippen LogP contribution in [0, 0.1) is 0 Å². The fraction of sp³-hybridized carbons (Fsp3) is 0.500. The van der Waals surface area contributed by atoms with Gasteiger partial charge in [0, 0.05) is 0 Å². The molecule has 0 aliphatic heterocycles. The molecule has 0 aromatic heterocycles. The minimum absolute atomic E-state index is 0. The molecule has 0 unspecified atom stereocenters. The van der Waals surface area contributed by atoms with E-state index in [1.807, 2.05) is 0 Å². The Morgan fingerprint density at radius 1 is 1.11 bits per heavy atom. The van der Waals surface area contributed by atoms with Crippen LogP contribution >= 0.6 is 0 Å². The minimum atomic E-state index is -1.83. The van der Waals surface area contributed by atoms with E-state index >= 15 is 0 Å². The van der Waals surface area contributed by atoms with Crippen molar-refractivity contribution < 1.29 is 19.8 Å². The van der Waals surface area contributed by atoms with Gasteiger partial charge in [0.2, 0.25) is 0 Å². The van der Waals surface area contributed by atoms with Gasteiger partial charge < -0.3 is 15.0 Å². The van der Waals surface area contributed by atoms with Crippen LogP contribution in [-0.4, -0.2) is 51.7 Å². The van der Waals surface area contributed by atoms with E-state index in [-0.39, 0.29) is 35.3 Å². The predicted octanol–water partition coefficient (Wildman–Crippen LogP) is 0.169. The summed E-state index contributed by atoms with van der Waals surface area (Å²) in [6.07, 6.45) is -1.83. The summed E-state index contributed by atoms with van der Waals surface area (Å²) >= 11 is 0. The standard InChI is InChI=1S/C3H6O.CH2O3.Na.H/c1-3(2)4;2-1(3)4;;/h1-2H3;(H2,2,3,4);;. The van der Waals surface area contributed by atoms with E-state index in [4.69, 9.17) is 15.0 Å². The Hall–Kier alpha value is -0.0600. The van der Waals surface area contributed by atoms with Gasteiger partial charge in [0.1, 0.15) is 5.78 Å². The molecule has 0 bridgehead atoms. The molecule has 0 atom stereocenters. The zero-order chi connectivity index (χ0) is 7.15. The van der Waals surface area contributed by atoms with E-state index in [1.54, 1.807) is 0 Å². The van der Waals surface area contributed by atoms with E-state index in [1.165, 1.54) is 13.8 Å². The van der Waals surface area contributed by atoms with Crippen LogP contribution in [-0.2, 0) is 4.79 Å². The fourth-order valence-electron chi connectivity index (χ4n) is 0. The van der Waals surface area contributed by atoms with Crippen molar-refractivity contribution in [3.05, 3.63) is 0 Å². The third kappa shape index (κ3) is 77800. The Morgan fingerprint density at radius 2 is 1.11 bits per heavy atom. The van der Waals surface area contributed by atoms with Crippen molar-refractivity contribution in [3.63, 3.8) is 0 Å². The fourth-order valence-corrected chi connectivity index (χ4v) is 0. The van der Waals surface area contributed by atoms with Gasteiger partial charge in [-0.05, 0) is 13.8 Å². The van der Waals surface area contributed by atoms with Crippen LogP contribution in [0.25, 0.3) is 0 Å². The van der Waals surface area contributed by atoms with E-state index in [0.29, 0.717) is 0 Å². The van der Waals surface area contributed by atoms with Gasteiger partial charge in [-0.15, -0.1) is 0 Å². The first-order chi connectivity index (χ1) is 3.46. The molecule has 0 rings (SSSR count). The third-order valence-electron chi connectivity index (χ3n) is 0. The van der Waals surface area contributed by atoms with Gasteiger partial charge in [-0.25, -0.2) is 4.79 Å². The molecule has 2 N–H and O–H groups in total. The quantitative estimate of drug-likeness (QED) is 0.475. The second-order valence-corrected chi connectivity index (χ2v) is 1.19. The zero-order valence-electron chi connectivity index (χ0n) is 4.71. The van der Waals surface area contributed by atoms with Crippen molar-refractivity contribution in [3.8, 4) is 0 Å². The Labute approximate surface area is 75.2 Å². The van der Waals surface area contributed by atoms with Crippen molar-refractivity contribution in [2.75, 3.05) is 0 Å². The molecule has 0 spiro atoms. The molecular formula is C4H9NaO4. The molecule has 0 aliphatic rings. The number of hydrogen-bond acceptors (Lipinski definition) is 2. The molecule has 0 radical (unpaired) electrons. The van der Waals surface area contributed by atoms with Gasteiger partial charge in [-0.3, -0.25) is 0 Å². The maximum absolute atomic E-state index is 9.44. The van der Waals surface area contributed by atoms with Crippen molar-refractivity contribution in [2.24, 2.45) is 0 Å². The Bertz CT molecular complexity index is 70.6. The number of carbonyl (C=O) groups is 2. The second-order valence-electron chi connectivity index (χ2n) is 1.19. The summed E-state index contributed by atoms with van der Waals surface area (Å²) in [5.41, 5.74) is 0. The Morgan fingerprint density at radius 3 is 1.11 bits per heavy atom. The number of rotatable bonds is 0. The van der Waals surface area contributed by atoms with Crippen LogP contribution in [0.5, 0.6) is 0 Å². The first-order valence-corrected chi connectivity index (χ1v) is 1.86. The number of Topliss-reactive ketones (excluding diaryl/α,β-unsaturated/α-hetero) is 1. The first-order valence-electron chi connectivity index (χ1n) is 1.86. The predicted molar refractivity (Wildman–Crippen MR) is 34.2 cm³/mol. The normalized spacial score (nSPS) is 5.56. The van der Waals surface area contributed by atoms with Crippen LogP contribution in [0.15, 0.2) is 0 Å². The molecule has 0 saturated carbocycles. The van der Waals surface area contributed by atoms with Gasteiger partial charge in [-0.1, -0.05) is 0 Å². The van der Waals surface area contributed by atoms with Crippen molar-refractivity contribution in [2.45, 2.75) is 13.8 Å². The Balaban J connectivity index is -0.0000000720. The number of hydrogen-bond donors (Lipinski definition) is 2.